The first-order valence-electron chi connectivity index (χ1n) is 9.26. The van der Waals surface area contributed by atoms with Crippen molar-refractivity contribution in [2.24, 2.45) is 0 Å². The number of amides is 2. The zero-order valence-electron chi connectivity index (χ0n) is 16.0. The first-order valence-corrected chi connectivity index (χ1v) is 9.26. The molecule has 0 spiro atoms. The van der Waals surface area contributed by atoms with Gasteiger partial charge in [0, 0.05) is 16.9 Å². The quantitative estimate of drug-likeness (QED) is 0.683. The summed E-state index contributed by atoms with van der Waals surface area (Å²) < 4.78 is 26.9. The number of urea groups is 1. The molecule has 0 aromatic heterocycles. The largest absolute Gasteiger partial charge is 0.365 e. The molecule has 29 heavy (non-hydrogen) atoms. The van der Waals surface area contributed by atoms with Crippen molar-refractivity contribution < 1.29 is 18.7 Å². The fourth-order valence-corrected chi connectivity index (χ4v) is 3.86. The minimum Gasteiger partial charge on any atom is -0.365 e. The molecule has 0 radical (unpaired) electrons. The predicted octanol–water partition coefficient (Wildman–Crippen LogP) is 4.95. The molecule has 1 N–H and O–H groups in total. The van der Waals surface area contributed by atoms with Crippen LogP contribution in [0.3, 0.4) is 0 Å². The minimum absolute atomic E-state index is 0.358. The fraction of sp³-hybridized carbons (Fsp3) is 0.174. The van der Waals surface area contributed by atoms with Crippen LogP contribution in [0.1, 0.15) is 18.1 Å². The first kappa shape index (κ1) is 19.1. The number of rotatable bonds is 3. The summed E-state index contributed by atoms with van der Waals surface area (Å²) in [6.07, 6.45) is 0. The van der Waals surface area contributed by atoms with E-state index in [0.29, 0.717) is 16.9 Å². The van der Waals surface area contributed by atoms with E-state index in [0.717, 1.165) is 5.56 Å². The number of nitrogens with zero attached hydrogens (tertiary/aromatic N) is 2. The van der Waals surface area contributed by atoms with Crippen LogP contribution in [0, 0.1) is 18.6 Å². The van der Waals surface area contributed by atoms with Gasteiger partial charge in [0.05, 0.1) is 6.04 Å². The van der Waals surface area contributed by atoms with Gasteiger partial charge in [-0.25, -0.2) is 13.6 Å². The number of carbonyl (C=O) groups excluding carboxylic acids is 1. The second-order valence-corrected chi connectivity index (χ2v) is 7.21. The van der Waals surface area contributed by atoms with E-state index in [-0.39, 0.29) is 0 Å². The third-order valence-electron chi connectivity index (χ3n) is 5.34. The van der Waals surface area contributed by atoms with Crippen LogP contribution in [-0.2, 0) is 5.72 Å². The highest BCUT2D eigenvalue weighted by atomic mass is 19.1. The van der Waals surface area contributed by atoms with Crippen molar-refractivity contribution in [1.29, 1.82) is 0 Å². The smallest absolute Gasteiger partial charge is 0.332 e. The Morgan fingerprint density at radius 3 is 2.00 bits per heavy atom. The number of aliphatic hydroxyl groups is 1. The molecule has 1 aliphatic rings. The Morgan fingerprint density at radius 2 is 1.45 bits per heavy atom. The lowest BCUT2D eigenvalue weighted by Gasteiger charge is -2.35. The predicted molar refractivity (Wildman–Crippen MR) is 108 cm³/mol. The number of aryl methyl sites for hydroxylation is 1. The maximum atomic E-state index is 13.5. The third kappa shape index (κ3) is 3.06. The average molecular weight is 394 g/mol. The number of hydrogen-bond acceptors (Lipinski definition) is 2. The van der Waals surface area contributed by atoms with Gasteiger partial charge < -0.3 is 5.11 Å². The molecular formula is C23H20F2N2O2. The Bertz CT molecular complexity index is 1050. The molecule has 3 aromatic carbocycles. The molecular weight excluding hydrogens is 374 g/mol. The second-order valence-electron chi connectivity index (χ2n) is 7.21. The van der Waals surface area contributed by atoms with Gasteiger partial charge in [-0.15, -0.1) is 0 Å². The van der Waals surface area contributed by atoms with E-state index in [2.05, 4.69) is 0 Å². The van der Waals surface area contributed by atoms with E-state index < -0.39 is 29.4 Å². The Morgan fingerprint density at radius 1 is 0.897 bits per heavy atom. The SMILES string of the molecule is Cc1cccc(C2(O)[C@@H](C)N(c3ccc(F)cc3)C(=O)N2c2ccc(F)cc2)c1. The third-order valence-corrected chi connectivity index (χ3v) is 5.34. The molecule has 6 heteroatoms. The summed E-state index contributed by atoms with van der Waals surface area (Å²) in [5.74, 6) is -0.861. The minimum atomic E-state index is -1.71. The van der Waals surface area contributed by atoms with Crippen molar-refractivity contribution >= 4 is 17.4 Å². The van der Waals surface area contributed by atoms with Gasteiger partial charge >= 0.3 is 6.03 Å². The number of hydrogen-bond donors (Lipinski definition) is 1. The lowest BCUT2D eigenvalue weighted by Crippen LogP contribution is -2.48. The lowest BCUT2D eigenvalue weighted by atomic mass is 9.93. The van der Waals surface area contributed by atoms with Crippen LogP contribution in [0.5, 0.6) is 0 Å². The fourth-order valence-electron chi connectivity index (χ4n) is 3.86. The van der Waals surface area contributed by atoms with Crippen LogP contribution >= 0.6 is 0 Å². The molecule has 1 heterocycles. The Kier molecular flexibility index (Phi) is 4.59. The van der Waals surface area contributed by atoms with Gasteiger partial charge in [-0.3, -0.25) is 9.80 Å². The average Bonchev–Trinajstić information content (AvgIpc) is 2.90. The van der Waals surface area contributed by atoms with Crippen LogP contribution in [0.4, 0.5) is 25.0 Å². The number of halogens is 2. The highest BCUT2D eigenvalue weighted by Crippen LogP contribution is 2.44. The van der Waals surface area contributed by atoms with E-state index in [1.807, 2.05) is 25.1 Å². The van der Waals surface area contributed by atoms with Crippen molar-refractivity contribution in [1.82, 2.24) is 0 Å². The van der Waals surface area contributed by atoms with Crippen LogP contribution in [0.15, 0.2) is 72.8 Å². The first-order chi connectivity index (χ1) is 13.8. The van der Waals surface area contributed by atoms with E-state index >= 15 is 0 Å². The van der Waals surface area contributed by atoms with Gasteiger partial charge in [-0.05, 0) is 62.4 Å². The molecule has 0 bridgehead atoms. The van der Waals surface area contributed by atoms with E-state index in [4.69, 9.17) is 0 Å². The van der Waals surface area contributed by atoms with Crippen molar-refractivity contribution in [2.75, 3.05) is 9.80 Å². The highest BCUT2D eigenvalue weighted by molar-refractivity contribution is 6.08. The van der Waals surface area contributed by atoms with Gasteiger partial charge in [0.1, 0.15) is 11.6 Å². The summed E-state index contributed by atoms with van der Waals surface area (Å²) in [5, 5.41) is 11.9. The topological polar surface area (TPSA) is 43.8 Å². The van der Waals surface area contributed by atoms with Gasteiger partial charge in [-0.2, -0.15) is 0 Å². The summed E-state index contributed by atoms with van der Waals surface area (Å²) in [6.45, 7) is 3.63. The van der Waals surface area contributed by atoms with Crippen molar-refractivity contribution in [3.05, 3.63) is 95.6 Å². The van der Waals surface area contributed by atoms with E-state index in [1.54, 1.807) is 13.0 Å². The van der Waals surface area contributed by atoms with Crippen LogP contribution in [-0.4, -0.2) is 17.2 Å². The van der Waals surface area contributed by atoms with Crippen LogP contribution < -0.4 is 9.80 Å². The molecule has 1 aliphatic heterocycles. The maximum absolute atomic E-state index is 13.5. The molecule has 148 valence electrons. The van der Waals surface area contributed by atoms with Crippen molar-refractivity contribution in [3.63, 3.8) is 0 Å². The Balaban J connectivity index is 1.90. The molecule has 2 atom stereocenters. The zero-order chi connectivity index (χ0) is 20.8. The van der Waals surface area contributed by atoms with E-state index in [9.17, 15) is 18.7 Å². The lowest BCUT2D eigenvalue weighted by molar-refractivity contribution is 0.0371. The van der Waals surface area contributed by atoms with Crippen molar-refractivity contribution in [3.8, 4) is 0 Å². The standard InChI is InChI=1S/C23H20F2N2O2/c1-15-4-3-5-17(14-15)23(29)16(2)26(20-10-6-18(24)7-11-20)22(28)27(23)21-12-8-19(25)9-13-21/h3-14,16,29H,1-2H3/t16-,23?/m1/s1. The van der Waals surface area contributed by atoms with E-state index in [1.165, 1.54) is 58.3 Å². The number of anilines is 2. The number of carbonyl (C=O) groups is 1. The van der Waals surface area contributed by atoms with Gasteiger partial charge in [0.25, 0.3) is 0 Å². The molecule has 3 aromatic rings. The molecule has 0 saturated carbocycles. The summed E-state index contributed by atoms with van der Waals surface area (Å²) >= 11 is 0. The molecule has 4 rings (SSSR count). The molecule has 0 aliphatic carbocycles. The Labute approximate surface area is 167 Å². The van der Waals surface area contributed by atoms with Crippen LogP contribution in [0.25, 0.3) is 0 Å². The molecule has 4 nitrogen and oxygen atoms in total. The van der Waals surface area contributed by atoms with Gasteiger partial charge in [-0.1, -0.05) is 29.8 Å². The number of benzene rings is 3. The maximum Gasteiger partial charge on any atom is 0.332 e. The zero-order valence-corrected chi connectivity index (χ0v) is 16.0. The molecule has 2 amide bonds. The molecule has 1 unspecified atom stereocenters. The van der Waals surface area contributed by atoms with Gasteiger partial charge in [0.2, 0.25) is 0 Å². The normalized spacial score (nSPS) is 21.7. The highest BCUT2D eigenvalue weighted by Gasteiger charge is 2.56. The second kappa shape index (κ2) is 6.97. The monoisotopic (exact) mass is 394 g/mol. The molecule has 1 saturated heterocycles. The summed E-state index contributed by atoms with van der Waals surface area (Å²) in [4.78, 5) is 16.1. The summed E-state index contributed by atoms with van der Waals surface area (Å²) in [5.41, 5.74) is 0.564. The Hall–Kier alpha value is -3.25. The van der Waals surface area contributed by atoms with Crippen LogP contribution in [0.2, 0.25) is 0 Å². The van der Waals surface area contributed by atoms with Gasteiger partial charge in [0.15, 0.2) is 5.72 Å². The summed E-state index contributed by atoms with van der Waals surface area (Å²) in [7, 11) is 0. The summed E-state index contributed by atoms with van der Waals surface area (Å²) in [6, 6.07) is 17.0. The molecule has 1 fully saturated rings. The van der Waals surface area contributed by atoms with Crippen molar-refractivity contribution in [2.45, 2.75) is 25.6 Å².